The second-order valence-electron chi connectivity index (χ2n) is 7.02. The summed E-state index contributed by atoms with van der Waals surface area (Å²) in [5, 5.41) is 6.90. The number of ether oxygens (including phenoxy) is 1. The van der Waals surface area contributed by atoms with E-state index in [2.05, 4.69) is 23.5 Å². The van der Waals surface area contributed by atoms with Crippen LogP contribution in [-0.4, -0.2) is 0 Å². The molecule has 4 rings (SSSR count). The summed E-state index contributed by atoms with van der Waals surface area (Å²) in [4.78, 5) is 0. The van der Waals surface area contributed by atoms with Gasteiger partial charge in [0, 0.05) is 34.3 Å². The van der Waals surface area contributed by atoms with E-state index in [0.717, 1.165) is 33.2 Å². The molecule has 1 N–H and O–H groups in total. The van der Waals surface area contributed by atoms with Gasteiger partial charge in [0.15, 0.2) is 0 Å². The molecule has 0 radical (unpaired) electrons. The molecule has 0 unspecified atom stereocenters. The van der Waals surface area contributed by atoms with E-state index < -0.39 is 0 Å². The predicted molar refractivity (Wildman–Crippen MR) is 129 cm³/mol. The fourth-order valence-corrected chi connectivity index (χ4v) is 3.82. The summed E-state index contributed by atoms with van der Waals surface area (Å²) in [6.45, 7) is 1.59. The first-order chi connectivity index (χ1) is 14.6. The zero-order chi connectivity index (χ0) is 20.9. The number of fused-ring (bicyclic) bond motifs is 1. The Morgan fingerprint density at radius 1 is 0.839 bits per heavy atom. The van der Waals surface area contributed by atoms with E-state index in [9.17, 15) is 4.39 Å². The zero-order valence-corrected chi connectivity index (χ0v) is 18.9. The molecule has 0 fully saturated rings. The Bertz CT molecular complexity index is 1170. The van der Waals surface area contributed by atoms with Gasteiger partial charge in [0.1, 0.15) is 18.2 Å². The van der Waals surface area contributed by atoms with Gasteiger partial charge in [-0.15, -0.1) is 12.4 Å². The molecule has 0 heterocycles. The van der Waals surface area contributed by atoms with Gasteiger partial charge >= 0.3 is 0 Å². The van der Waals surface area contributed by atoms with Crippen LogP contribution in [0.2, 0.25) is 10.0 Å². The maximum absolute atomic E-state index is 13.1. The smallest absolute Gasteiger partial charge is 0.124 e. The average molecular weight is 477 g/mol. The number of hydrogen-bond acceptors (Lipinski definition) is 2. The van der Waals surface area contributed by atoms with Crippen LogP contribution in [0.1, 0.15) is 16.7 Å². The molecule has 4 aromatic carbocycles. The Morgan fingerprint density at radius 3 is 2.39 bits per heavy atom. The summed E-state index contributed by atoms with van der Waals surface area (Å²) in [5.41, 5.74) is 2.96. The molecule has 4 aromatic rings. The topological polar surface area (TPSA) is 21.3 Å². The third-order valence-electron chi connectivity index (χ3n) is 4.94. The van der Waals surface area contributed by atoms with Crippen LogP contribution in [0.3, 0.4) is 0 Å². The summed E-state index contributed by atoms with van der Waals surface area (Å²) in [5.74, 6) is 0.565. The largest absolute Gasteiger partial charge is 0.488 e. The minimum atomic E-state index is -0.232. The van der Waals surface area contributed by atoms with Crippen molar-refractivity contribution in [2.45, 2.75) is 19.7 Å². The highest BCUT2D eigenvalue weighted by Crippen LogP contribution is 2.30. The molecule has 0 bridgehead atoms. The number of benzene rings is 4. The molecule has 0 atom stereocenters. The quantitative estimate of drug-likeness (QED) is 0.297. The zero-order valence-electron chi connectivity index (χ0n) is 16.6. The molecule has 160 valence electrons. The van der Waals surface area contributed by atoms with Crippen LogP contribution < -0.4 is 10.1 Å². The fourth-order valence-electron chi connectivity index (χ4n) is 3.36. The highest BCUT2D eigenvalue weighted by Gasteiger charge is 2.10. The summed E-state index contributed by atoms with van der Waals surface area (Å²) < 4.78 is 19.3. The highest BCUT2D eigenvalue weighted by atomic mass is 35.5. The summed E-state index contributed by atoms with van der Waals surface area (Å²) in [6, 6.07) is 24.2. The summed E-state index contributed by atoms with van der Waals surface area (Å²) in [6.07, 6.45) is 0. The molecule has 0 aromatic heterocycles. The molecular weight excluding hydrogens is 456 g/mol. The van der Waals surface area contributed by atoms with Crippen LogP contribution in [0, 0.1) is 5.82 Å². The first kappa shape index (κ1) is 23.4. The minimum Gasteiger partial charge on any atom is -0.488 e. The van der Waals surface area contributed by atoms with Crippen LogP contribution >= 0.6 is 35.6 Å². The third kappa shape index (κ3) is 5.90. The molecule has 2 nitrogen and oxygen atoms in total. The van der Waals surface area contributed by atoms with Crippen molar-refractivity contribution >= 4 is 46.4 Å². The highest BCUT2D eigenvalue weighted by molar-refractivity contribution is 6.35. The molecule has 0 aliphatic rings. The van der Waals surface area contributed by atoms with Crippen molar-refractivity contribution in [3.63, 3.8) is 0 Å². The Morgan fingerprint density at radius 2 is 1.61 bits per heavy atom. The van der Waals surface area contributed by atoms with Gasteiger partial charge in [-0.25, -0.2) is 4.39 Å². The summed E-state index contributed by atoms with van der Waals surface area (Å²) >= 11 is 12.3. The van der Waals surface area contributed by atoms with Crippen molar-refractivity contribution in [2.24, 2.45) is 0 Å². The lowest BCUT2D eigenvalue weighted by molar-refractivity contribution is 0.303. The first-order valence-corrected chi connectivity index (χ1v) is 10.4. The van der Waals surface area contributed by atoms with E-state index in [1.807, 2.05) is 24.3 Å². The van der Waals surface area contributed by atoms with Crippen LogP contribution in [0.4, 0.5) is 4.39 Å². The molecule has 0 saturated carbocycles. The van der Waals surface area contributed by atoms with Crippen molar-refractivity contribution < 1.29 is 9.13 Å². The monoisotopic (exact) mass is 475 g/mol. The number of hydrogen-bond donors (Lipinski definition) is 1. The Hall–Kier alpha value is -2.30. The maximum Gasteiger partial charge on any atom is 0.124 e. The number of rotatable bonds is 7. The maximum atomic E-state index is 13.1. The third-order valence-corrected chi connectivity index (χ3v) is 5.53. The lowest BCUT2D eigenvalue weighted by Crippen LogP contribution is -2.14. The lowest BCUT2D eigenvalue weighted by atomic mass is 10.0. The van der Waals surface area contributed by atoms with E-state index in [-0.39, 0.29) is 18.2 Å². The van der Waals surface area contributed by atoms with Crippen molar-refractivity contribution in [3.05, 3.63) is 111 Å². The van der Waals surface area contributed by atoms with Gasteiger partial charge in [-0.05, 0) is 46.7 Å². The minimum absolute atomic E-state index is 0. The Balaban J connectivity index is 0.00000272. The molecular formula is C25H21Cl3FNO. The van der Waals surface area contributed by atoms with E-state index in [0.29, 0.717) is 29.7 Å². The van der Waals surface area contributed by atoms with Crippen molar-refractivity contribution in [2.75, 3.05) is 0 Å². The second-order valence-corrected chi connectivity index (χ2v) is 7.86. The van der Waals surface area contributed by atoms with Crippen LogP contribution in [0.25, 0.3) is 10.8 Å². The normalized spacial score (nSPS) is 10.7. The lowest BCUT2D eigenvalue weighted by Gasteiger charge is -2.16. The standard InChI is InChI=1S/C25H20Cl2FNO.ClH/c26-20-9-7-19(24(27)13-20)16-30-25-12-8-18-3-1-2-4-22(18)23(25)15-29-14-17-5-10-21(28)11-6-17;/h1-13,29H,14-16H2;1H. The predicted octanol–water partition coefficient (Wildman–Crippen LogP) is 7.58. The fraction of sp³-hybridized carbons (Fsp3) is 0.120. The molecule has 0 spiro atoms. The molecule has 0 saturated heterocycles. The SMILES string of the molecule is Cl.Fc1ccc(CNCc2c(OCc3ccc(Cl)cc3Cl)ccc3ccccc23)cc1. The number of nitrogens with one attached hydrogen (secondary N) is 1. The average Bonchev–Trinajstić information content (AvgIpc) is 2.75. The van der Waals surface area contributed by atoms with E-state index in [1.165, 1.54) is 12.1 Å². The summed E-state index contributed by atoms with van der Waals surface area (Å²) in [7, 11) is 0. The van der Waals surface area contributed by atoms with Crippen LogP contribution in [0.15, 0.2) is 78.9 Å². The van der Waals surface area contributed by atoms with E-state index >= 15 is 0 Å². The van der Waals surface area contributed by atoms with Gasteiger partial charge in [-0.3, -0.25) is 0 Å². The number of halogens is 4. The van der Waals surface area contributed by atoms with Crippen molar-refractivity contribution in [3.8, 4) is 5.75 Å². The second kappa shape index (κ2) is 10.8. The molecule has 0 aliphatic heterocycles. The molecule has 6 heteroatoms. The van der Waals surface area contributed by atoms with Gasteiger partial charge in [0.2, 0.25) is 0 Å². The molecule has 0 amide bonds. The molecule has 31 heavy (non-hydrogen) atoms. The Labute approximate surface area is 197 Å². The van der Waals surface area contributed by atoms with E-state index in [1.54, 1.807) is 24.3 Å². The van der Waals surface area contributed by atoms with Crippen molar-refractivity contribution in [1.82, 2.24) is 5.32 Å². The molecule has 0 aliphatic carbocycles. The van der Waals surface area contributed by atoms with Crippen LogP contribution in [-0.2, 0) is 19.7 Å². The van der Waals surface area contributed by atoms with Gasteiger partial charge in [0.25, 0.3) is 0 Å². The van der Waals surface area contributed by atoms with Gasteiger partial charge in [-0.2, -0.15) is 0 Å². The first-order valence-electron chi connectivity index (χ1n) is 9.62. The Kier molecular flexibility index (Phi) is 8.16. The van der Waals surface area contributed by atoms with E-state index in [4.69, 9.17) is 27.9 Å². The van der Waals surface area contributed by atoms with Crippen molar-refractivity contribution in [1.29, 1.82) is 0 Å². The van der Waals surface area contributed by atoms with Crippen LogP contribution in [0.5, 0.6) is 5.75 Å². The van der Waals surface area contributed by atoms with Gasteiger partial charge in [0.05, 0.1) is 0 Å². The van der Waals surface area contributed by atoms with Gasteiger partial charge in [-0.1, -0.05) is 71.7 Å². The van der Waals surface area contributed by atoms with Gasteiger partial charge < -0.3 is 10.1 Å².